The van der Waals surface area contributed by atoms with Crippen molar-refractivity contribution in [3.8, 4) is 11.5 Å². The van der Waals surface area contributed by atoms with Crippen LogP contribution in [0.2, 0.25) is 0 Å². The summed E-state index contributed by atoms with van der Waals surface area (Å²) in [5, 5.41) is 0. The van der Waals surface area contributed by atoms with Crippen LogP contribution in [0, 0.1) is 27.7 Å². The molecular formula is C34H49IN2O7. The molecule has 10 heteroatoms. The summed E-state index contributed by atoms with van der Waals surface area (Å²) in [6.45, 7) is 15.2. The van der Waals surface area contributed by atoms with Crippen molar-refractivity contribution in [2.75, 3.05) is 66.7 Å². The van der Waals surface area contributed by atoms with Crippen LogP contribution in [0.4, 0.5) is 0 Å². The highest BCUT2D eigenvalue weighted by molar-refractivity contribution is 14.1. The van der Waals surface area contributed by atoms with E-state index in [9.17, 15) is 9.59 Å². The van der Waals surface area contributed by atoms with E-state index in [1.807, 2.05) is 39.8 Å². The van der Waals surface area contributed by atoms with E-state index in [1.165, 1.54) is 0 Å². The van der Waals surface area contributed by atoms with Crippen LogP contribution in [-0.4, -0.2) is 94.5 Å². The number of rotatable bonds is 16. The molecule has 0 saturated carbocycles. The zero-order chi connectivity index (χ0) is 32.1. The van der Waals surface area contributed by atoms with E-state index in [4.69, 9.17) is 22.0 Å². The van der Waals surface area contributed by atoms with Crippen LogP contribution in [0.15, 0.2) is 24.3 Å². The minimum atomic E-state index is -0.403. The molecule has 1 aliphatic rings. The highest BCUT2D eigenvalue weighted by Gasteiger charge is 2.21. The zero-order valence-electron chi connectivity index (χ0n) is 27.2. The van der Waals surface area contributed by atoms with E-state index < -0.39 is 5.97 Å². The van der Waals surface area contributed by atoms with E-state index in [0.717, 1.165) is 87.4 Å². The Kier molecular flexibility index (Phi) is 15.2. The van der Waals surface area contributed by atoms with Gasteiger partial charge in [-0.15, -0.1) is 0 Å². The summed E-state index contributed by atoms with van der Waals surface area (Å²) >= 11 is 1.60. The van der Waals surface area contributed by atoms with Crippen LogP contribution in [0.25, 0.3) is 0 Å². The first-order chi connectivity index (χ1) is 21.2. The van der Waals surface area contributed by atoms with Crippen molar-refractivity contribution < 1.29 is 31.6 Å². The second-order valence-electron chi connectivity index (χ2n) is 11.6. The number of hydrogen-bond acceptors (Lipinski definition) is 9. The van der Waals surface area contributed by atoms with Crippen LogP contribution in [-0.2, 0) is 12.5 Å². The van der Waals surface area contributed by atoms with E-state index in [-0.39, 0.29) is 12.1 Å². The quantitative estimate of drug-likeness (QED) is 0.113. The minimum Gasteiger partial charge on any atom is -0.496 e. The molecule has 1 saturated heterocycles. The Hall–Kier alpha value is -2.41. The average Bonchev–Trinajstić information content (AvgIpc) is 3.25. The second-order valence-corrected chi connectivity index (χ2v) is 12.0. The molecule has 0 aliphatic carbocycles. The third kappa shape index (κ3) is 10.9. The molecule has 44 heavy (non-hydrogen) atoms. The molecule has 244 valence electrons. The van der Waals surface area contributed by atoms with Gasteiger partial charge in [-0.1, -0.05) is 0 Å². The molecule has 3 rings (SSSR count). The SMILES string of the molecule is COCCCN1CCCN(CCC(CCCOc2cc(C(=O)OI)cc(C)c2C)OC(=O)c2cc(C)c(C)c(OC)c2)CC1. The molecule has 0 spiro atoms. The van der Waals surface area contributed by atoms with Gasteiger partial charge in [0.05, 0.1) is 24.8 Å². The van der Waals surface area contributed by atoms with Gasteiger partial charge in [0, 0.05) is 39.9 Å². The molecule has 0 N–H and O–H groups in total. The summed E-state index contributed by atoms with van der Waals surface area (Å²) in [6.07, 6.45) is 4.01. The Morgan fingerprint density at radius 2 is 1.39 bits per heavy atom. The van der Waals surface area contributed by atoms with E-state index >= 15 is 0 Å². The Morgan fingerprint density at radius 1 is 0.773 bits per heavy atom. The van der Waals surface area contributed by atoms with Crippen LogP contribution < -0.4 is 9.47 Å². The zero-order valence-corrected chi connectivity index (χ0v) is 29.4. The summed E-state index contributed by atoms with van der Waals surface area (Å²) in [7, 11) is 3.36. The number of hydrogen-bond donors (Lipinski definition) is 0. The van der Waals surface area contributed by atoms with Crippen LogP contribution >= 0.6 is 23.0 Å². The Morgan fingerprint density at radius 3 is 2.02 bits per heavy atom. The van der Waals surface area contributed by atoms with Gasteiger partial charge in [0.2, 0.25) is 0 Å². The van der Waals surface area contributed by atoms with Crippen molar-refractivity contribution in [3.63, 3.8) is 0 Å². The molecule has 0 aromatic heterocycles. The van der Waals surface area contributed by atoms with Gasteiger partial charge in [0.25, 0.3) is 0 Å². The molecule has 0 amide bonds. The lowest BCUT2D eigenvalue weighted by molar-refractivity contribution is 0.0221. The Labute approximate surface area is 277 Å². The number of nitrogens with zero attached hydrogens (tertiary/aromatic N) is 2. The van der Waals surface area contributed by atoms with Gasteiger partial charge >= 0.3 is 11.9 Å². The predicted molar refractivity (Wildman–Crippen MR) is 180 cm³/mol. The first kappa shape index (κ1) is 36.1. The molecule has 2 aromatic rings. The first-order valence-corrected chi connectivity index (χ1v) is 16.4. The predicted octanol–water partition coefficient (Wildman–Crippen LogP) is 6.25. The largest absolute Gasteiger partial charge is 0.496 e. The molecule has 2 aromatic carbocycles. The fourth-order valence-electron chi connectivity index (χ4n) is 5.50. The highest BCUT2D eigenvalue weighted by atomic mass is 127. The van der Waals surface area contributed by atoms with Gasteiger partial charge in [-0.3, -0.25) is 0 Å². The lowest BCUT2D eigenvalue weighted by atomic mass is 10.0. The van der Waals surface area contributed by atoms with Crippen molar-refractivity contribution in [2.45, 2.75) is 65.9 Å². The fraction of sp³-hybridized carbons (Fsp3) is 0.588. The van der Waals surface area contributed by atoms with Crippen molar-refractivity contribution >= 4 is 34.9 Å². The highest BCUT2D eigenvalue weighted by Crippen LogP contribution is 2.26. The van der Waals surface area contributed by atoms with E-state index in [2.05, 4.69) is 9.80 Å². The third-order valence-electron chi connectivity index (χ3n) is 8.47. The van der Waals surface area contributed by atoms with Gasteiger partial charge < -0.3 is 31.8 Å². The smallest absolute Gasteiger partial charge is 0.347 e. The molecule has 1 unspecified atom stereocenters. The number of aryl methyl sites for hydroxylation is 2. The number of carbonyl (C=O) groups is 2. The molecule has 0 radical (unpaired) electrons. The third-order valence-corrected chi connectivity index (χ3v) is 8.87. The molecule has 1 atom stereocenters. The number of carbonyl (C=O) groups excluding carboxylic acids is 2. The summed E-state index contributed by atoms with van der Waals surface area (Å²) in [5.74, 6) is 0.604. The van der Waals surface area contributed by atoms with Gasteiger partial charge in [-0.2, -0.15) is 0 Å². The van der Waals surface area contributed by atoms with Crippen LogP contribution in [0.5, 0.6) is 11.5 Å². The maximum absolute atomic E-state index is 13.3. The molecule has 1 fully saturated rings. The first-order valence-electron chi connectivity index (χ1n) is 15.5. The van der Waals surface area contributed by atoms with E-state index in [1.54, 1.807) is 49.4 Å². The van der Waals surface area contributed by atoms with Gasteiger partial charge in [0.15, 0.2) is 23.0 Å². The van der Waals surface area contributed by atoms with Crippen LogP contribution in [0.3, 0.4) is 0 Å². The number of esters is 1. The molecule has 1 heterocycles. The molecule has 1 aliphatic heterocycles. The van der Waals surface area contributed by atoms with Gasteiger partial charge in [-0.05, 0) is 119 Å². The van der Waals surface area contributed by atoms with Crippen molar-refractivity contribution in [3.05, 3.63) is 57.6 Å². The van der Waals surface area contributed by atoms with Gasteiger partial charge in [0.1, 0.15) is 17.6 Å². The summed E-state index contributed by atoms with van der Waals surface area (Å²) in [6, 6.07) is 7.16. The topological polar surface area (TPSA) is 86.8 Å². The monoisotopic (exact) mass is 724 g/mol. The summed E-state index contributed by atoms with van der Waals surface area (Å²) < 4.78 is 27.8. The van der Waals surface area contributed by atoms with Crippen molar-refractivity contribution in [1.82, 2.24) is 9.80 Å². The number of ether oxygens (including phenoxy) is 4. The van der Waals surface area contributed by atoms with Crippen molar-refractivity contribution in [2.24, 2.45) is 0 Å². The van der Waals surface area contributed by atoms with E-state index in [0.29, 0.717) is 42.1 Å². The van der Waals surface area contributed by atoms with Crippen LogP contribution in [0.1, 0.15) is 75.1 Å². The fourth-order valence-corrected chi connectivity index (χ4v) is 5.76. The number of halogens is 1. The maximum atomic E-state index is 13.3. The minimum absolute atomic E-state index is 0.261. The summed E-state index contributed by atoms with van der Waals surface area (Å²) in [4.78, 5) is 30.4. The Bertz CT molecular complexity index is 1240. The molecule has 0 bridgehead atoms. The second kappa shape index (κ2) is 18.5. The van der Waals surface area contributed by atoms with Gasteiger partial charge in [-0.25, -0.2) is 9.59 Å². The summed E-state index contributed by atoms with van der Waals surface area (Å²) in [5.41, 5.74) is 4.90. The molecule has 9 nitrogen and oxygen atoms in total. The maximum Gasteiger partial charge on any atom is 0.347 e. The Balaban J connectivity index is 1.64. The molecular weight excluding hydrogens is 675 g/mol. The average molecular weight is 725 g/mol. The standard InChI is InChI=1S/C34H49IN2O7/c1-24-20-28(22-31(41-6)26(24)3)33(38)43-30(11-15-37-13-8-12-36(16-17-37)14-9-18-40-5)10-7-19-42-32-23-29(34(39)44-35)21-25(2)27(32)4/h20-23,30H,7-19H2,1-6H3. The lowest BCUT2D eigenvalue weighted by Crippen LogP contribution is -2.34. The number of benzene rings is 2. The van der Waals surface area contributed by atoms with Crippen molar-refractivity contribution in [1.29, 1.82) is 0 Å². The normalized spacial score (nSPS) is 15.0. The lowest BCUT2D eigenvalue weighted by Gasteiger charge is -2.25. The number of methoxy groups -OCH3 is 2.